The molecule has 82 valence electrons. The Bertz CT molecular complexity index is 343. The van der Waals surface area contributed by atoms with Gasteiger partial charge in [0.15, 0.2) is 0 Å². The maximum absolute atomic E-state index is 4.08. The van der Waals surface area contributed by atoms with Crippen LogP contribution in [0.25, 0.3) is 0 Å². The summed E-state index contributed by atoms with van der Waals surface area (Å²) in [6, 6.07) is 0. The first-order chi connectivity index (χ1) is 7.04. The third-order valence-corrected chi connectivity index (χ3v) is 4.39. The Morgan fingerprint density at radius 1 is 1.53 bits per heavy atom. The van der Waals surface area contributed by atoms with Gasteiger partial charge in [0.2, 0.25) is 0 Å². The lowest BCUT2D eigenvalue weighted by molar-refractivity contribution is 0.258. The van der Waals surface area contributed by atoms with Crippen molar-refractivity contribution >= 4 is 0 Å². The second-order valence-corrected chi connectivity index (χ2v) is 5.46. The van der Waals surface area contributed by atoms with E-state index in [9.17, 15) is 0 Å². The lowest BCUT2D eigenvalue weighted by Crippen LogP contribution is -2.31. The SMILES string of the molecule is C=C(C)C1=C[C@]2(C)C(=CC1)CCC[C@H]2C. The van der Waals surface area contributed by atoms with Crippen LogP contribution < -0.4 is 0 Å². The molecule has 0 heteroatoms. The molecule has 2 aliphatic carbocycles. The lowest BCUT2D eigenvalue weighted by Gasteiger charge is -2.43. The summed E-state index contributed by atoms with van der Waals surface area (Å²) in [6.07, 6.45) is 10.1. The van der Waals surface area contributed by atoms with Crippen molar-refractivity contribution in [3.63, 3.8) is 0 Å². The van der Waals surface area contributed by atoms with Gasteiger partial charge in [-0.05, 0) is 44.1 Å². The highest BCUT2D eigenvalue weighted by molar-refractivity contribution is 5.40. The average molecular weight is 202 g/mol. The summed E-state index contributed by atoms with van der Waals surface area (Å²) in [5.41, 5.74) is 4.69. The summed E-state index contributed by atoms with van der Waals surface area (Å²) in [6.45, 7) is 11.0. The third kappa shape index (κ3) is 1.71. The number of rotatable bonds is 1. The van der Waals surface area contributed by atoms with Crippen LogP contribution in [0, 0.1) is 11.3 Å². The second kappa shape index (κ2) is 3.66. The van der Waals surface area contributed by atoms with E-state index in [0.29, 0.717) is 5.41 Å². The lowest BCUT2D eigenvalue weighted by atomic mass is 9.62. The minimum Gasteiger partial charge on any atom is -0.0958 e. The Labute approximate surface area is 93.8 Å². The van der Waals surface area contributed by atoms with E-state index in [0.717, 1.165) is 12.3 Å². The highest BCUT2D eigenvalue weighted by atomic mass is 14.4. The van der Waals surface area contributed by atoms with Crippen LogP contribution in [-0.2, 0) is 0 Å². The molecule has 0 unspecified atom stereocenters. The highest BCUT2D eigenvalue weighted by Crippen LogP contribution is 2.49. The van der Waals surface area contributed by atoms with Crippen LogP contribution in [0.2, 0.25) is 0 Å². The summed E-state index contributed by atoms with van der Waals surface area (Å²) in [4.78, 5) is 0. The molecule has 15 heavy (non-hydrogen) atoms. The smallest absolute Gasteiger partial charge is 0.00941 e. The van der Waals surface area contributed by atoms with E-state index < -0.39 is 0 Å². The molecule has 2 rings (SSSR count). The first-order valence-electron chi connectivity index (χ1n) is 6.11. The quantitative estimate of drug-likeness (QED) is 0.543. The average Bonchev–Trinajstić information content (AvgIpc) is 2.19. The number of fused-ring (bicyclic) bond motifs is 1. The molecule has 0 spiro atoms. The van der Waals surface area contributed by atoms with Crippen molar-refractivity contribution in [3.05, 3.63) is 35.5 Å². The van der Waals surface area contributed by atoms with Crippen molar-refractivity contribution in [2.45, 2.75) is 46.5 Å². The fraction of sp³-hybridized carbons (Fsp3) is 0.600. The largest absolute Gasteiger partial charge is 0.0958 e. The zero-order valence-corrected chi connectivity index (χ0v) is 10.3. The van der Waals surface area contributed by atoms with Gasteiger partial charge >= 0.3 is 0 Å². The van der Waals surface area contributed by atoms with Crippen LogP contribution in [0.4, 0.5) is 0 Å². The molecule has 0 aliphatic heterocycles. The number of hydrogen-bond acceptors (Lipinski definition) is 0. The van der Waals surface area contributed by atoms with Crippen molar-refractivity contribution in [2.24, 2.45) is 11.3 Å². The summed E-state index contributed by atoms with van der Waals surface area (Å²) in [7, 11) is 0. The molecule has 0 aromatic heterocycles. The van der Waals surface area contributed by atoms with Gasteiger partial charge in [0, 0.05) is 5.41 Å². The Morgan fingerprint density at radius 2 is 2.27 bits per heavy atom. The Morgan fingerprint density at radius 3 is 2.93 bits per heavy atom. The molecule has 0 nitrogen and oxygen atoms in total. The topological polar surface area (TPSA) is 0 Å². The van der Waals surface area contributed by atoms with Crippen LogP contribution in [0.15, 0.2) is 35.5 Å². The normalized spacial score (nSPS) is 35.3. The van der Waals surface area contributed by atoms with Gasteiger partial charge in [0.25, 0.3) is 0 Å². The van der Waals surface area contributed by atoms with Crippen LogP contribution in [0.5, 0.6) is 0 Å². The molecule has 0 aromatic rings. The molecule has 0 saturated heterocycles. The van der Waals surface area contributed by atoms with Gasteiger partial charge in [-0.1, -0.05) is 43.7 Å². The van der Waals surface area contributed by atoms with Crippen molar-refractivity contribution in [1.29, 1.82) is 0 Å². The zero-order valence-electron chi connectivity index (χ0n) is 10.3. The third-order valence-electron chi connectivity index (χ3n) is 4.39. The molecular weight excluding hydrogens is 180 g/mol. The summed E-state index contributed by atoms with van der Waals surface area (Å²) >= 11 is 0. The van der Waals surface area contributed by atoms with Crippen molar-refractivity contribution in [3.8, 4) is 0 Å². The molecule has 0 bridgehead atoms. The van der Waals surface area contributed by atoms with Crippen LogP contribution in [-0.4, -0.2) is 0 Å². The fourth-order valence-electron chi connectivity index (χ4n) is 2.99. The Kier molecular flexibility index (Phi) is 2.62. The second-order valence-electron chi connectivity index (χ2n) is 5.46. The van der Waals surface area contributed by atoms with E-state index in [1.165, 1.54) is 30.4 Å². The van der Waals surface area contributed by atoms with E-state index in [4.69, 9.17) is 0 Å². The van der Waals surface area contributed by atoms with Gasteiger partial charge in [-0.25, -0.2) is 0 Å². The minimum absolute atomic E-state index is 0.324. The van der Waals surface area contributed by atoms with E-state index in [1.54, 1.807) is 5.57 Å². The van der Waals surface area contributed by atoms with Crippen molar-refractivity contribution in [2.75, 3.05) is 0 Å². The van der Waals surface area contributed by atoms with Gasteiger partial charge in [-0.3, -0.25) is 0 Å². The molecule has 2 aliphatic rings. The van der Waals surface area contributed by atoms with Gasteiger partial charge in [0.1, 0.15) is 0 Å². The maximum Gasteiger partial charge on any atom is 0.00941 e. The van der Waals surface area contributed by atoms with E-state index in [1.807, 2.05) is 0 Å². The maximum atomic E-state index is 4.08. The molecular formula is C15H22. The number of allylic oxidation sites excluding steroid dienone is 5. The van der Waals surface area contributed by atoms with Crippen LogP contribution >= 0.6 is 0 Å². The molecule has 0 aromatic carbocycles. The van der Waals surface area contributed by atoms with E-state index in [-0.39, 0.29) is 0 Å². The highest BCUT2D eigenvalue weighted by Gasteiger charge is 2.37. The Balaban J connectivity index is 2.36. The van der Waals surface area contributed by atoms with E-state index in [2.05, 4.69) is 39.5 Å². The summed E-state index contributed by atoms with van der Waals surface area (Å²) in [5, 5.41) is 0. The van der Waals surface area contributed by atoms with Gasteiger partial charge in [0.05, 0.1) is 0 Å². The van der Waals surface area contributed by atoms with Gasteiger partial charge < -0.3 is 0 Å². The molecule has 0 heterocycles. The predicted octanol–water partition coefficient (Wildman–Crippen LogP) is 4.65. The first-order valence-corrected chi connectivity index (χ1v) is 6.11. The van der Waals surface area contributed by atoms with Crippen molar-refractivity contribution in [1.82, 2.24) is 0 Å². The van der Waals surface area contributed by atoms with Crippen LogP contribution in [0.3, 0.4) is 0 Å². The predicted molar refractivity (Wildman–Crippen MR) is 66.7 cm³/mol. The Hall–Kier alpha value is -0.780. The van der Waals surface area contributed by atoms with E-state index >= 15 is 0 Å². The summed E-state index contributed by atoms with van der Waals surface area (Å²) < 4.78 is 0. The minimum atomic E-state index is 0.324. The van der Waals surface area contributed by atoms with Gasteiger partial charge in [-0.2, -0.15) is 0 Å². The number of hydrogen-bond donors (Lipinski definition) is 0. The molecule has 1 fully saturated rings. The zero-order chi connectivity index (χ0) is 11.1. The summed E-state index contributed by atoms with van der Waals surface area (Å²) in [5.74, 6) is 0.784. The molecule has 2 atom stereocenters. The standard InChI is InChI=1S/C15H22/c1-11(2)13-8-9-14-7-5-6-12(3)15(14,4)10-13/h9-10,12H,1,5-8H2,2-4H3/t12-,15+/m1/s1. The molecule has 0 radical (unpaired) electrons. The van der Waals surface area contributed by atoms with Crippen molar-refractivity contribution < 1.29 is 0 Å². The van der Waals surface area contributed by atoms with Gasteiger partial charge in [-0.15, -0.1) is 0 Å². The molecule has 1 saturated carbocycles. The monoisotopic (exact) mass is 202 g/mol. The van der Waals surface area contributed by atoms with Crippen LogP contribution in [0.1, 0.15) is 46.5 Å². The fourth-order valence-corrected chi connectivity index (χ4v) is 2.99. The molecule has 0 N–H and O–H groups in total. The first kappa shape index (κ1) is 10.7. The molecule has 0 amide bonds.